The molecule has 7 nitrogen and oxygen atoms in total. The molecule has 2 aliphatic heterocycles. The van der Waals surface area contributed by atoms with E-state index in [1.807, 2.05) is 0 Å². The molecule has 0 atom stereocenters. The van der Waals surface area contributed by atoms with E-state index in [4.69, 9.17) is 19.4 Å². The third-order valence-electron chi connectivity index (χ3n) is 6.24. The quantitative estimate of drug-likeness (QED) is 0.799. The number of carbonyl (C=O) groups excluding carboxylic acids is 1. The molecule has 0 bridgehead atoms. The third-order valence-corrected chi connectivity index (χ3v) is 6.24. The van der Waals surface area contributed by atoms with Gasteiger partial charge in [-0.05, 0) is 25.7 Å². The lowest BCUT2D eigenvalue weighted by Crippen LogP contribution is -2.47. The molecule has 0 aromatic carbocycles. The number of ether oxygens (including phenoxy) is 2. The van der Waals surface area contributed by atoms with Gasteiger partial charge in [0.15, 0.2) is 0 Å². The Balaban J connectivity index is 1.45. The maximum atomic E-state index is 12.2. The molecule has 3 aliphatic rings. The maximum Gasteiger partial charge on any atom is 0.223 e. The smallest absolute Gasteiger partial charge is 0.223 e. The minimum absolute atomic E-state index is 0.263. The molecule has 1 aromatic rings. The van der Waals surface area contributed by atoms with Crippen LogP contribution in [0.2, 0.25) is 0 Å². The number of anilines is 1. The summed E-state index contributed by atoms with van der Waals surface area (Å²) in [6.45, 7) is 3.93. The summed E-state index contributed by atoms with van der Waals surface area (Å²) < 4.78 is 10.9. The number of nitrogens with one attached hydrogen (secondary N) is 1. The summed E-state index contributed by atoms with van der Waals surface area (Å²) >= 11 is 0. The molecule has 3 heterocycles. The number of amides is 1. The van der Waals surface area contributed by atoms with Gasteiger partial charge in [-0.15, -0.1) is 0 Å². The first-order chi connectivity index (χ1) is 13.7. The zero-order valence-electron chi connectivity index (χ0n) is 16.9. The van der Waals surface area contributed by atoms with Crippen LogP contribution in [0.4, 0.5) is 5.82 Å². The Hall–Kier alpha value is -1.73. The zero-order valence-corrected chi connectivity index (χ0v) is 16.9. The van der Waals surface area contributed by atoms with E-state index < -0.39 is 0 Å². The highest BCUT2D eigenvalue weighted by Crippen LogP contribution is 2.29. The molecule has 0 radical (unpaired) electrons. The summed E-state index contributed by atoms with van der Waals surface area (Å²) in [5.41, 5.74) is 2.38. The average molecular weight is 389 g/mol. The van der Waals surface area contributed by atoms with E-state index in [0.29, 0.717) is 12.6 Å². The van der Waals surface area contributed by atoms with Gasteiger partial charge in [-0.3, -0.25) is 4.79 Å². The van der Waals surface area contributed by atoms with Crippen molar-refractivity contribution in [1.82, 2.24) is 15.3 Å². The Morgan fingerprint density at radius 1 is 1.18 bits per heavy atom. The fourth-order valence-electron chi connectivity index (χ4n) is 4.27. The lowest BCUT2D eigenvalue weighted by molar-refractivity contribution is -0.128. The van der Waals surface area contributed by atoms with E-state index >= 15 is 0 Å². The van der Waals surface area contributed by atoms with Crippen molar-refractivity contribution >= 4 is 11.7 Å². The number of fused-ring (bicyclic) bond motifs is 1. The van der Waals surface area contributed by atoms with Crippen molar-refractivity contribution < 1.29 is 14.3 Å². The molecular weight excluding hydrogens is 356 g/mol. The number of piperidine rings is 1. The van der Waals surface area contributed by atoms with Crippen molar-refractivity contribution in [2.45, 2.75) is 57.4 Å². The summed E-state index contributed by atoms with van der Waals surface area (Å²) in [5.74, 6) is 2.46. The van der Waals surface area contributed by atoms with E-state index in [9.17, 15) is 4.79 Å². The average Bonchev–Trinajstić information content (AvgIpc) is 2.90. The molecule has 2 fully saturated rings. The number of rotatable bonds is 6. The van der Waals surface area contributed by atoms with Gasteiger partial charge in [0.2, 0.25) is 5.91 Å². The topological polar surface area (TPSA) is 76.6 Å². The Morgan fingerprint density at radius 3 is 2.68 bits per heavy atom. The molecule has 28 heavy (non-hydrogen) atoms. The second kappa shape index (κ2) is 9.18. The van der Waals surface area contributed by atoms with E-state index in [1.165, 1.54) is 12.0 Å². The predicted octanol–water partition coefficient (Wildman–Crippen LogP) is 1.67. The SMILES string of the molecule is COCCc1nc2c(c(N3CCC(NC(=O)C4CCC4)CC3)n1)CCOCC2. The van der Waals surface area contributed by atoms with Crippen LogP contribution in [0, 0.1) is 5.92 Å². The molecule has 0 spiro atoms. The van der Waals surface area contributed by atoms with Crippen LogP contribution in [0.5, 0.6) is 0 Å². The number of carbonyl (C=O) groups is 1. The van der Waals surface area contributed by atoms with Crippen LogP contribution in [0.1, 0.15) is 49.2 Å². The van der Waals surface area contributed by atoms with Gasteiger partial charge >= 0.3 is 0 Å². The summed E-state index contributed by atoms with van der Waals surface area (Å²) in [6.07, 6.45) is 7.71. The maximum absolute atomic E-state index is 12.2. The highest BCUT2D eigenvalue weighted by Gasteiger charge is 2.29. The number of aromatic nitrogens is 2. The Kier molecular flexibility index (Phi) is 6.42. The molecule has 1 amide bonds. The van der Waals surface area contributed by atoms with Crippen molar-refractivity contribution in [3.8, 4) is 0 Å². The van der Waals surface area contributed by atoms with Gasteiger partial charge in [-0.2, -0.15) is 0 Å². The van der Waals surface area contributed by atoms with Crippen molar-refractivity contribution in [2.75, 3.05) is 44.9 Å². The number of hydrogen-bond donors (Lipinski definition) is 1. The van der Waals surface area contributed by atoms with E-state index in [2.05, 4.69) is 10.2 Å². The molecule has 1 saturated carbocycles. The van der Waals surface area contributed by atoms with Gasteiger partial charge in [0.25, 0.3) is 0 Å². The fourth-order valence-corrected chi connectivity index (χ4v) is 4.27. The Morgan fingerprint density at radius 2 is 1.96 bits per heavy atom. The lowest BCUT2D eigenvalue weighted by Gasteiger charge is -2.36. The summed E-state index contributed by atoms with van der Waals surface area (Å²) in [7, 11) is 1.71. The van der Waals surface area contributed by atoms with Crippen LogP contribution in [0.3, 0.4) is 0 Å². The Labute approximate surface area is 167 Å². The van der Waals surface area contributed by atoms with Crippen molar-refractivity contribution in [1.29, 1.82) is 0 Å². The fraction of sp³-hybridized carbons (Fsp3) is 0.762. The molecule has 1 aliphatic carbocycles. The van der Waals surface area contributed by atoms with Crippen LogP contribution < -0.4 is 10.2 Å². The first-order valence-electron chi connectivity index (χ1n) is 10.7. The second-order valence-corrected chi connectivity index (χ2v) is 8.14. The van der Waals surface area contributed by atoms with Crippen LogP contribution >= 0.6 is 0 Å². The third kappa shape index (κ3) is 4.46. The summed E-state index contributed by atoms with van der Waals surface area (Å²) in [5, 5.41) is 3.27. The minimum Gasteiger partial charge on any atom is -0.384 e. The van der Waals surface area contributed by atoms with E-state index in [0.717, 1.165) is 88.6 Å². The van der Waals surface area contributed by atoms with Gasteiger partial charge < -0.3 is 19.7 Å². The van der Waals surface area contributed by atoms with Gasteiger partial charge in [0.1, 0.15) is 11.6 Å². The molecule has 1 aromatic heterocycles. The molecule has 4 rings (SSSR count). The number of hydrogen-bond acceptors (Lipinski definition) is 6. The first-order valence-corrected chi connectivity index (χ1v) is 10.7. The van der Waals surface area contributed by atoms with Crippen molar-refractivity contribution in [3.63, 3.8) is 0 Å². The number of nitrogens with zero attached hydrogens (tertiary/aromatic N) is 3. The molecule has 1 saturated heterocycles. The Bertz CT molecular complexity index is 684. The molecule has 0 unspecified atom stereocenters. The monoisotopic (exact) mass is 388 g/mol. The van der Waals surface area contributed by atoms with Crippen molar-refractivity contribution in [2.24, 2.45) is 5.92 Å². The first kappa shape index (κ1) is 19.6. The molecular formula is C21H32N4O3. The minimum atomic E-state index is 0.263. The van der Waals surface area contributed by atoms with Crippen LogP contribution in [-0.4, -0.2) is 61.9 Å². The van der Waals surface area contributed by atoms with Crippen LogP contribution in [-0.2, 0) is 33.5 Å². The molecule has 1 N–H and O–H groups in total. The van der Waals surface area contributed by atoms with Crippen LogP contribution in [0.25, 0.3) is 0 Å². The van der Waals surface area contributed by atoms with Crippen LogP contribution in [0.15, 0.2) is 0 Å². The highest BCUT2D eigenvalue weighted by molar-refractivity contribution is 5.79. The van der Waals surface area contributed by atoms with E-state index in [1.54, 1.807) is 7.11 Å². The second-order valence-electron chi connectivity index (χ2n) is 8.14. The largest absolute Gasteiger partial charge is 0.384 e. The standard InChI is InChI=1S/C21H32N4O3/c1-27-12-9-19-23-18-8-14-28-13-7-17(18)20(24-19)25-10-5-16(6-11-25)22-21(26)15-3-2-4-15/h15-16H,2-14H2,1H3,(H,22,26). The normalized spacial score (nSPS) is 21.0. The van der Waals surface area contributed by atoms with Gasteiger partial charge in [0.05, 0.1) is 25.5 Å². The lowest BCUT2D eigenvalue weighted by atomic mass is 9.84. The zero-order chi connectivity index (χ0) is 19.3. The molecule has 154 valence electrons. The van der Waals surface area contributed by atoms with Crippen molar-refractivity contribution in [3.05, 3.63) is 17.1 Å². The highest BCUT2D eigenvalue weighted by atomic mass is 16.5. The van der Waals surface area contributed by atoms with E-state index in [-0.39, 0.29) is 11.8 Å². The van der Waals surface area contributed by atoms with Gasteiger partial charge in [-0.1, -0.05) is 6.42 Å². The summed E-state index contributed by atoms with van der Waals surface area (Å²) in [4.78, 5) is 24.4. The predicted molar refractivity (Wildman–Crippen MR) is 107 cm³/mol. The summed E-state index contributed by atoms with van der Waals surface area (Å²) in [6, 6.07) is 0.293. The van der Waals surface area contributed by atoms with Gasteiger partial charge in [0, 0.05) is 57.0 Å². The van der Waals surface area contributed by atoms with Gasteiger partial charge in [-0.25, -0.2) is 9.97 Å². The molecule has 7 heteroatoms. The number of methoxy groups -OCH3 is 1.